The second kappa shape index (κ2) is 4.77. The number of ether oxygens (including phenoxy) is 1. The van der Waals surface area contributed by atoms with Crippen LogP contribution in [-0.4, -0.2) is 43.8 Å². The molecule has 1 aromatic rings. The molecule has 1 N–H and O–H groups in total. The molecule has 3 heteroatoms. The van der Waals surface area contributed by atoms with Crippen molar-refractivity contribution in [2.75, 3.05) is 32.8 Å². The summed E-state index contributed by atoms with van der Waals surface area (Å²) in [5.74, 6) is 0. The van der Waals surface area contributed by atoms with E-state index in [-0.39, 0.29) is 0 Å². The van der Waals surface area contributed by atoms with E-state index in [9.17, 15) is 0 Å². The molecule has 2 unspecified atom stereocenters. The summed E-state index contributed by atoms with van der Waals surface area (Å²) in [5, 5.41) is 3.53. The van der Waals surface area contributed by atoms with E-state index in [2.05, 4.69) is 41.4 Å². The van der Waals surface area contributed by atoms with E-state index in [0.717, 1.165) is 32.8 Å². The Morgan fingerprint density at radius 2 is 2.29 bits per heavy atom. The Hall–Kier alpha value is -0.900. The lowest BCUT2D eigenvalue weighted by Crippen LogP contribution is -2.58. The SMILES string of the molecule is Cc1cccc(C2CNCC3COCCN32)c1. The van der Waals surface area contributed by atoms with Crippen molar-refractivity contribution in [1.29, 1.82) is 0 Å². The predicted octanol–water partition coefficient (Wildman–Crippen LogP) is 1.34. The van der Waals surface area contributed by atoms with Gasteiger partial charge in [0, 0.05) is 31.7 Å². The van der Waals surface area contributed by atoms with E-state index < -0.39 is 0 Å². The van der Waals surface area contributed by atoms with Crippen molar-refractivity contribution in [2.45, 2.75) is 19.0 Å². The van der Waals surface area contributed by atoms with E-state index in [1.807, 2.05) is 0 Å². The molecule has 0 spiro atoms. The maximum atomic E-state index is 5.57. The number of fused-ring (bicyclic) bond motifs is 1. The molecule has 2 atom stereocenters. The van der Waals surface area contributed by atoms with Crippen molar-refractivity contribution in [2.24, 2.45) is 0 Å². The van der Waals surface area contributed by atoms with E-state index in [1.165, 1.54) is 11.1 Å². The smallest absolute Gasteiger partial charge is 0.0635 e. The van der Waals surface area contributed by atoms with Crippen LogP contribution in [0.25, 0.3) is 0 Å². The number of piperazine rings is 1. The second-order valence-corrected chi connectivity index (χ2v) is 5.05. The fourth-order valence-electron chi connectivity index (χ4n) is 2.94. The molecular formula is C14H20N2O. The molecule has 2 saturated heterocycles. The quantitative estimate of drug-likeness (QED) is 0.791. The number of morpholine rings is 1. The number of nitrogens with one attached hydrogen (secondary N) is 1. The maximum absolute atomic E-state index is 5.57. The van der Waals surface area contributed by atoms with Crippen LogP contribution in [-0.2, 0) is 4.74 Å². The third-order valence-electron chi connectivity index (χ3n) is 3.82. The molecule has 92 valence electrons. The molecule has 0 saturated carbocycles. The summed E-state index contributed by atoms with van der Waals surface area (Å²) in [6.45, 7) is 7.08. The van der Waals surface area contributed by atoms with Crippen LogP contribution in [0.15, 0.2) is 24.3 Å². The minimum absolute atomic E-state index is 0.512. The first-order valence-electron chi connectivity index (χ1n) is 6.45. The number of hydrogen-bond acceptors (Lipinski definition) is 3. The van der Waals surface area contributed by atoms with Crippen molar-refractivity contribution >= 4 is 0 Å². The zero-order chi connectivity index (χ0) is 11.7. The normalized spacial score (nSPS) is 29.9. The van der Waals surface area contributed by atoms with Gasteiger partial charge in [-0.1, -0.05) is 29.8 Å². The molecule has 3 nitrogen and oxygen atoms in total. The van der Waals surface area contributed by atoms with Crippen LogP contribution in [0.5, 0.6) is 0 Å². The van der Waals surface area contributed by atoms with Crippen LogP contribution in [0.1, 0.15) is 17.2 Å². The summed E-state index contributed by atoms with van der Waals surface area (Å²) in [6, 6.07) is 9.94. The average Bonchev–Trinajstić information content (AvgIpc) is 2.38. The highest BCUT2D eigenvalue weighted by molar-refractivity contribution is 5.26. The lowest BCUT2D eigenvalue weighted by molar-refractivity contribution is -0.0427. The summed E-state index contributed by atoms with van der Waals surface area (Å²) in [5.41, 5.74) is 2.78. The highest BCUT2D eigenvalue weighted by atomic mass is 16.5. The maximum Gasteiger partial charge on any atom is 0.0635 e. The molecule has 17 heavy (non-hydrogen) atoms. The highest BCUT2D eigenvalue weighted by Crippen LogP contribution is 2.27. The first-order valence-corrected chi connectivity index (χ1v) is 6.45. The summed E-state index contributed by atoms with van der Waals surface area (Å²) in [7, 11) is 0. The molecule has 0 bridgehead atoms. The van der Waals surface area contributed by atoms with Gasteiger partial charge >= 0.3 is 0 Å². The predicted molar refractivity (Wildman–Crippen MR) is 68.1 cm³/mol. The number of hydrogen-bond donors (Lipinski definition) is 1. The van der Waals surface area contributed by atoms with Gasteiger partial charge in [0.05, 0.1) is 13.2 Å². The largest absolute Gasteiger partial charge is 0.378 e. The highest BCUT2D eigenvalue weighted by Gasteiger charge is 2.33. The van der Waals surface area contributed by atoms with Gasteiger partial charge in [-0.25, -0.2) is 0 Å². The van der Waals surface area contributed by atoms with Gasteiger partial charge in [0.15, 0.2) is 0 Å². The third kappa shape index (κ3) is 2.23. The van der Waals surface area contributed by atoms with Crippen molar-refractivity contribution in [1.82, 2.24) is 10.2 Å². The van der Waals surface area contributed by atoms with Crippen molar-refractivity contribution in [3.8, 4) is 0 Å². The van der Waals surface area contributed by atoms with Crippen LogP contribution >= 0.6 is 0 Å². The standard InChI is InChI=1S/C14H20N2O/c1-11-3-2-4-12(7-11)14-9-15-8-13-10-17-6-5-16(13)14/h2-4,7,13-15H,5-6,8-10H2,1H3. The van der Waals surface area contributed by atoms with Crippen LogP contribution in [0.4, 0.5) is 0 Å². The zero-order valence-corrected chi connectivity index (χ0v) is 10.4. The number of benzene rings is 1. The topological polar surface area (TPSA) is 24.5 Å². The minimum Gasteiger partial charge on any atom is -0.378 e. The second-order valence-electron chi connectivity index (χ2n) is 5.05. The summed E-state index contributed by atoms with van der Waals surface area (Å²) < 4.78 is 5.57. The Kier molecular flexibility index (Phi) is 3.14. The molecule has 2 fully saturated rings. The van der Waals surface area contributed by atoms with E-state index in [0.29, 0.717) is 12.1 Å². The van der Waals surface area contributed by atoms with Crippen LogP contribution in [0.3, 0.4) is 0 Å². The molecule has 0 amide bonds. The van der Waals surface area contributed by atoms with Gasteiger partial charge in [0.1, 0.15) is 0 Å². The van der Waals surface area contributed by atoms with E-state index >= 15 is 0 Å². The molecule has 1 aromatic carbocycles. The fourth-order valence-corrected chi connectivity index (χ4v) is 2.94. The van der Waals surface area contributed by atoms with Crippen LogP contribution < -0.4 is 5.32 Å². The molecular weight excluding hydrogens is 212 g/mol. The number of rotatable bonds is 1. The lowest BCUT2D eigenvalue weighted by atomic mass is 9.98. The van der Waals surface area contributed by atoms with Crippen molar-refractivity contribution in [3.05, 3.63) is 35.4 Å². The van der Waals surface area contributed by atoms with Gasteiger partial charge in [0.25, 0.3) is 0 Å². The van der Waals surface area contributed by atoms with Gasteiger partial charge in [-0.15, -0.1) is 0 Å². The van der Waals surface area contributed by atoms with Gasteiger partial charge in [-0.05, 0) is 12.5 Å². The molecule has 3 rings (SSSR count). The Labute approximate surface area is 103 Å². The summed E-state index contributed by atoms with van der Waals surface area (Å²) >= 11 is 0. The van der Waals surface area contributed by atoms with Gasteiger partial charge in [-0.3, -0.25) is 4.90 Å². The minimum atomic E-state index is 0.512. The van der Waals surface area contributed by atoms with Crippen molar-refractivity contribution < 1.29 is 4.74 Å². The van der Waals surface area contributed by atoms with Gasteiger partial charge < -0.3 is 10.1 Å². The summed E-state index contributed by atoms with van der Waals surface area (Å²) in [4.78, 5) is 2.61. The third-order valence-corrected chi connectivity index (χ3v) is 3.82. The molecule has 0 aliphatic carbocycles. The zero-order valence-electron chi connectivity index (χ0n) is 10.4. The van der Waals surface area contributed by atoms with Crippen LogP contribution in [0.2, 0.25) is 0 Å². The first-order chi connectivity index (χ1) is 8.34. The Balaban J connectivity index is 1.85. The average molecular weight is 232 g/mol. The van der Waals surface area contributed by atoms with Crippen molar-refractivity contribution in [3.63, 3.8) is 0 Å². The van der Waals surface area contributed by atoms with Crippen LogP contribution in [0, 0.1) is 6.92 Å². The fraction of sp³-hybridized carbons (Fsp3) is 0.571. The monoisotopic (exact) mass is 232 g/mol. The van der Waals surface area contributed by atoms with E-state index in [1.54, 1.807) is 0 Å². The summed E-state index contributed by atoms with van der Waals surface area (Å²) in [6.07, 6.45) is 0. The number of aryl methyl sites for hydroxylation is 1. The van der Waals surface area contributed by atoms with E-state index in [4.69, 9.17) is 4.74 Å². The molecule has 0 radical (unpaired) electrons. The Morgan fingerprint density at radius 3 is 3.18 bits per heavy atom. The Morgan fingerprint density at radius 1 is 1.35 bits per heavy atom. The Bertz CT molecular complexity index is 392. The lowest BCUT2D eigenvalue weighted by Gasteiger charge is -2.45. The molecule has 2 aliphatic rings. The first kappa shape index (κ1) is 11.2. The molecule has 0 aromatic heterocycles. The van der Waals surface area contributed by atoms with Gasteiger partial charge in [0.2, 0.25) is 0 Å². The van der Waals surface area contributed by atoms with Gasteiger partial charge in [-0.2, -0.15) is 0 Å². The number of nitrogens with zero attached hydrogens (tertiary/aromatic N) is 1. The molecule has 2 heterocycles. The molecule has 2 aliphatic heterocycles.